The Bertz CT molecular complexity index is 317. The monoisotopic (exact) mass is 242 g/mol. The first kappa shape index (κ1) is 13.5. The Balaban J connectivity index is 2.46. The summed E-state index contributed by atoms with van der Waals surface area (Å²) in [6, 6.07) is -0.430. The van der Waals surface area contributed by atoms with Crippen molar-refractivity contribution < 1.29 is 19.1 Å². The average Bonchev–Trinajstić information content (AvgIpc) is 2.76. The van der Waals surface area contributed by atoms with Crippen molar-refractivity contribution in [2.45, 2.75) is 32.2 Å². The molecule has 1 fully saturated rings. The topological polar surface area (TPSA) is 75.7 Å². The maximum atomic E-state index is 12.0. The lowest BCUT2D eigenvalue weighted by Crippen LogP contribution is -2.45. The van der Waals surface area contributed by atoms with Crippen LogP contribution in [-0.4, -0.2) is 48.9 Å². The molecule has 1 saturated heterocycles. The minimum atomic E-state index is -0.430. The van der Waals surface area contributed by atoms with Crippen molar-refractivity contribution in [2.75, 3.05) is 20.2 Å². The maximum Gasteiger partial charge on any atom is 0.307 e. The lowest BCUT2D eigenvalue weighted by molar-refractivity contribution is -0.142. The molecule has 0 radical (unpaired) electrons. The van der Waals surface area contributed by atoms with E-state index >= 15 is 0 Å². The van der Waals surface area contributed by atoms with Crippen LogP contribution < -0.4 is 5.32 Å². The molecule has 6 nitrogen and oxygen atoms in total. The van der Waals surface area contributed by atoms with Crippen LogP contribution in [0, 0.1) is 0 Å². The molecule has 0 aromatic heterocycles. The Morgan fingerprint density at radius 1 is 1.53 bits per heavy atom. The van der Waals surface area contributed by atoms with Crippen molar-refractivity contribution in [1.82, 2.24) is 10.2 Å². The van der Waals surface area contributed by atoms with Crippen LogP contribution in [0.3, 0.4) is 0 Å². The first-order valence-electron chi connectivity index (χ1n) is 5.73. The van der Waals surface area contributed by atoms with Gasteiger partial charge in [-0.3, -0.25) is 14.4 Å². The van der Waals surface area contributed by atoms with Gasteiger partial charge in [-0.05, 0) is 13.3 Å². The minimum absolute atomic E-state index is 0.0904. The molecule has 1 aliphatic heterocycles. The summed E-state index contributed by atoms with van der Waals surface area (Å²) in [5, 5.41) is 2.62. The van der Waals surface area contributed by atoms with E-state index in [-0.39, 0.29) is 24.2 Å². The number of carbonyl (C=O) groups excluding carboxylic acids is 3. The summed E-state index contributed by atoms with van der Waals surface area (Å²) >= 11 is 0. The van der Waals surface area contributed by atoms with Gasteiger partial charge in [0.2, 0.25) is 11.8 Å². The Kier molecular flexibility index (Phi) is 4.93. The number of nitrogens with one attached hydrogen (secondary N) is 1. The smallest absolute Gasteiger partial charge is 0.307 e. The molecule has 0 saturated carbocycles. The van der Waals surface area contributed by atoms with Gasteiger partial charge in [-0.25, -0.2) is 0 Å². The Morgan fingerprint density at radius 2 is 2.24 bits per heavy atom. The summed E-state index contributed by atoms with van der Waals surface area (Å²) in [4.78, 5) is 35.6. The van der Waals surface area contributed by atoms with Crippen LogP contribution in [0.1, 0.15) is 26.2 Å². The summed E-state index contributed by atoms with van der Waals surface area (Å²) in [6.07, 6.45) is 1.11. The molecule has 1 N–H and O–H groups in total. The number of nitrogens with zero attached hydrogens (tertiary/aromatic N) is 1. The van der Waals surface area contributed by atoms with Gasteiger partial charge in [-0.15, -0.1) is 0 Å². The second kappa shape index (κ2) is 6.22. The molecule has 1 heterocycles. The predicted molar refractivity (Wildman–Crippen MR) is 60.1 cm³/mol. The van der Waals surface area contributed by atoms with Crippen LogP contribution in [0.5, 0.6) is 0 Å². The fourth-order valence-electron chi connectivity index (χ4n) is 1.77. The first-order chi connectivity index (χ1) is 8.08. The summed E-state index contributed by atoms with van der Waals surface area (Å²) in [5.74, 6) is -0.554. The number of rotatable bonds is 5. The Hall–Kier alpha value is -1.59. The molecule has 0 aliphatic carbocycles. The third-order valence-corrected chi connectivity index (χ3v) is 2.80. The van der Waals surface area contributed by atoms with Gasteiger partial charge in [0.25, 0.3) is 0 Å². The molecule has 17 heavy (non-hydrogen) atoms. The van der Waals surface area contributed by atoms with Gasteiger partial charge in [0.15, 0.2) is 0 Å². The summed E-state index contributed by atoms with van der Waals surface area (Å²) in [7, 11) is 1.32. The molecular weight excluding hydrogens is 224 g/mol. The van der Waals surface area contributed by atoms with Crippen LogP contribution in [0.25, 0.3) is 0 Å². The van der Waals surface area contributed by atoms with Gasteiger partial charge >= 0.3 is 5.97 Å². The van der Waals surface area contributed by atoms with Crippen molar-refractivity contribution in [3.63, 3.8) is 0 Å². The summed E-state index contributed by atoms with van der Waals surface area (Å²) in [6.45, 7) is 2.68. The van der Waals surface area contributed by atoms with Crippen molar-refractivity contribution in [2.24, 2.45) is 0 Å². The highest BCUT2D eigenvalue weighted by Crippen LogP contribution is 2.10. The van der Waals surface area contributed by atoms with Gasteiger partial charge in [-0.2, -0.15) is 0 Å². The number of methoxy groups -OCH3 is 1. The fourth-order valence-corrected chi connectivity index (χ4v) is 1.77. The highest BCUT2D eigenvalue weighted by Gasteiger charge is 2.30. The number of carbonyl (C=O) groups is 3. The van der Waals surface area contributed by atoms with E-state index in [1.165, 1.54) is 7.11 Å². The van der Waals surface area contributed by atoms with Gasteiger partial charge in [-0.1, -0.05) is 0 Å². The standard InChI is InChI=1S/C11H18N2O4/c1-3-13(7-6-10(15)17-2)11(16)8-4-5-9(14)12-8/h8H,3-7H2,1-2H3,(H,12,14). The molecule has 1 rings (SSSR count). The van der Waals surface area contributed by atoms with E-state index in [0.717, 1.165) is 0 Å². The zero-order chi connectivity index (χ0) is 12.8. The summed E-state index contributed by atoms with van der Waals surface area (Å²) < 4.78 is 4.52. The van der Waals surface area contributed by atoms with E-state index in [1.54, 1.807) is 4.90 Å². The maximum absolute atomic E-state index is 12.0. The highest BCUT2D eigenvalue weighted by atomic mass is 16.5. The van der Waals surface area contributed by atoms with E-state index in [0.29, 0.717) is 25.9 Å². The van der Waals surface area contributed by atoms with Crippen LogP contribution in [-0.2, 0) is 19.1 Å². The largest absolute Gasteiger partial charge is 0.469 e. The Morgan fingerprint density at radius 3 is 2.71 bits per heavy atom. The van der Waals surface area contributed by atoms with E-state index in [4.69, 9.17) is 0 Å². The lowest BCUT2D eigenvalue weighted by atomic mass is 10.2. The van der Waals surface area contributed by atoms with Crippen LogP contribution in [0.4, 0.5) is 0 Å². The number of esters is 1. The molecule has 1 unspecified atom stereocenters. The molecule has 1 aliphatic rings. The average molecular weight is 242 g/mol. The van der Waals surface area contributed by atoms with Crippen molar-refractivity contribution in [1.29, 1.82) is 0 Å². The zero-order valence-corrected chi connectivity index (χ0v) is 10.2. The van der Waals surface area contributed by atoms with E-state index in [9.17, 15) is 14.4 Å². The number of likely N-dealkylation sites (N-methyl/N-ethyl adjacent to an activating group) is 1. The van der Waals surface area contributed by atoms with Crippen molar-refractivity contribution in [3.05, 3.63) is 0 Å². The Labute approximate surface area is 100 Å². The highest BCUT2D eigenvalue weighted by molar-refractivity contribution is 5.91. The van der Waals surface area contributed by atoms with Crippen LogP contribution in [0.2, 0.25) is 0 Å². The molecule has 96 valence electrons. The molecule has 0 aromatic carbocycles. The van der Waals surface area contributed by atoms with E-state index in [2.05, 4.69) is 10.1 Å². The van der Waals surface area contributed by atoms with Crippen LogP contribution in [0.15, 0.2) is 0 Å². The number of ether oxygens (including phenoxy) is 1. The quantitative estimate of drug-likeness (QED) is 0.670. The van der Waals surface area contributed by atoms with Crippen molar-refractivity contribution in [3.8, 4) is 0 Å². The van der Waals surface area contributed by atoms with Gasteiger partial charge in [0.05, 0.1) is 13.5 Å². The lowest BCUT2D eigenvalue weighted by Gasteiger charge is -2.23. The predicted octanol–water partition coefficient (Wildman–Crippen LogP) is -0.323. The SMILES string of the molecule is CCN(CCC(=O)OC)C(=O)C1CCC(=O)N1. The normalized spacial score (nSPS) is 18.7. The molecule has 0 bridgehead atoms. The number of hydrogen-bond acceptors (Lipinski definition) is 4. The van der Waals surface area contributed by atoms with Gasteiger partial charge in [0, 0.05) is 19.5 Å². The number of hydrogen-bond donors (Lipinski definition) is 1. The third kappa shape index (κ3) is 3.72. The molecule has 0 spiro atoms. The van der Waals surface area contributed by atoms with E-state index in [1.807, 2.05) is 6.92 Å². The second-order valence-electron chi connectivity index (χ2n) is 3.90. The molecule has 0 aromatic rings. The molecule has 6 heteroatoms. The van der Waals surface area contributed by atoms with Crippen molar-refractivity contribution >= 4 is 17.8 Å². The minimum Gasteiger partial charge on any atom is -0.469 e. The van der Waals surface area contributed by atoms with Crippen LogP contribution >= 0.6 is 0 Å². The zero-order valence-electron chi connectivity index (χ0n) is 10.2. The molecule has 2 amide bonds. The third-order valence-electron chi connectivity index (χ3n) is 2.80. The molecule has 1 atom stereocenters. The van der Waals surface area contributed by atoms with Gasteiger partial charge in [0.1, 0.15) is 6.04 Å². The molecular formula is C11H18N2O4. The van der Waals surface area contributed by atoms with E-state index < -0.39 is 6.04 Å². The first-order valence-corrected chi connectivity index (χ1v) is 5.73. The number of amides is 2. The fraction of sp³-hybridized carbons (Fsp3) is 0.727. The van der Waals surface area contributed by atoms with Gasteiger partial charge < -0.3 is 15.0 Å². The summed E-state index contributed by atoms with van der Waals surface area (Å²) in [5.41, 5.74) is 0. The second-order valence-corrected chi connectivity index (χ2v) is 3.90.